The van der Waals surface area contributed by atoms with E-state index in [1.54, 1.807) is 12.1 Å². The van der Waals surface area contributed by atoms with E-state index in [2.05, 4.69) is 25.5 Å². The smallest absolute Gasteiger partial charge is 0.348 e. The van der Waals surface area contributed by atoms with Crippen molar-refractivity contribution in [3.8, 4) is 28.3 Å². The molecule has 4 rings (SSSR count). The van der Waals surface area contributed by atoms with Gasteiger partial charge in [-0.2, -0.15) is 4.98 Å². The molecule has 0 bridgehead atoms. The monoisotopic (exact) mass is 354 g/mol. The lowest BCUT2D eigenvalue weighted by atomic mass is 10.1. The van der Waals surface area contributed by atoms with Crippen molar-refractivity contribution in [1.29, 1.82) is 0 Å². The van der Waals surface area contributed by atoms with Crippen molar-refractivity contribution < 1.29 is 9.50 Å². The maximum atomic E-state index is 14.1. The molecule has 1 aromatic carbocycles. The molecule has 0 radical (unpaired) electrons. The molecule has 2 aromatic heterocycles. The van der Waals surface area contributed by atoms with E-state index in [9.17, 15) is 14.3 Å². The molecular weight excluding hydrogens is 339 g/mol. The van der Waals surface area contributed by atoms with Gasteiger partial charge >= 0.3 is 5.69 Å². The number of hydrogen-bond acceptors (Lipinski definition) is 7. The molecule has 1 aliphatic carbocycles. The van der Waals surface area contributed by atoms with Gasteiger partial charge in [-0.15, -0.1) is 10.2 Å². The number of aryl methyl sites for hydroxylation is 1. The molecule has 0 atom stereocenters. The summed E-state index contributed by atoms with van der Waals surface area (Å²) >= 11 is 0. The molecule has 26 heavy (non-hydrogen) atoms. The summed E-state index contributed by atoms with van der Waals surface area (Å²) in [7, 11) is 1.41. The number of phenolic OH excluding ortho intramolecular Hbond substituents is 1. The van der Waals surface area contributed by atoms with Crippen LogP contribution in [0.1, 0.15) is 12.8 Å². The lowest BCUT2D eigenvalue weighted by Gasteiger charge is -2.08. The van der Waals surface area contributed by atoms with Gasteiger partial charge in [-0.3, -0.25) is 4.57 Å². The van der Waals surface area contributed by atoms with E-state index in [1.165, 1.54) is 19.3 Å². The van der Waals surface area contributed by atoms with Gasteiger partial charge in [0.15, 0.2) is 5.82 Å². The van der Waals surface area contributed by atoms with Crippen LogP contribution in [-0.4, -0.2) is 35.9 Å². The third kappa shape index (κ3) is 3.10. The van der Waals surface area contributed by atoms with Crippen LogP contribution in [0.25, 0.3) is 22.5 Å². The minimum Gasteiger partial charge on any atom is -0.507 e. The summed E-state index contributed by atoms with van der Waals surface area (Å²) in [5, 5.41) is 21.5. The maximum Gasteiger partial charge on any atom is 0.348 e. The summed E-state index contributed by atoms with van der Waals surface area (Å²) in [6, 6.07) is 4.86. The van der Waals surface area contributed by atoms with Crippen molar-refractivity contribution in [1.82, 2.24) is 24.7 Å². The summed E-state index contributed by atoms with van der Waals surface area (Å²) in [6.45, 7) is 0. The van der Waals surface area contributed by atoms with Crippen molar-refractivity contribution in [2.75, 3.05) is 5.32 Å². The first-order chi connectivity index (χ1) is 12.5. The number of aromatic nitrogens is 5. The minimum atomic E-state index is -0.656. The quantitative estimate of drug-likeness (QED) is 0.735. The molecule has 0 saturated heterocycles. The number of nitrogens with one attached hydrogen (secondary N) is 1. The van der Waals surface area contributed by atoms with E-state index in [1.807, 2.05) is 0 Å². The molecule has 1 aliphatic rings. The first-order valence-electron chi connectivity index (χ1n) is 8.04. The molecule has 9 heteroatoms. The van der Waals surface area contributed by atoms with Crippen LogP contribution >= 0.6 is 0 Å². The van der Waals surface area contributed by atoms with Crippen LogP contribution in [0.2, 0.25) is 0 Å². The molecule has 8 nitrogen and oxygen atoms in total. The lowest BCUT2D eigenvalue weighted by Crippen LogP contribution is -2.21. The van der Waals surface area contributed by atoms with Gasteiger partial charge in [-0.05, 0) is 25.0 Å². The Morgan fingerprint density at radius 2 is 2.12 bits per heavy atom. The van der Waals surface area contributed by atoms with E-state index >= 15 is 0 Å². The summed E-state index contributed by atoms with van der Waals surface area (Å²) in [6.07, 6.45) is 4.75. The third-order valence-electron chi connectivity index (χ3n) is 4.06. The fourth-order valence-electron chi connectivity index (χ4n) is 2.49. The van der Waals surface area contributed by atoms with E-state index in [-0.39, 0.29) is 17.0 Å². The van der Waals surface area contributed by atoms with Crippen molar-refractivity contribution in [2.24, 2.45) is 7.05 Å². The Hall–Kier alpha value is -3.36. The molecule has 1 saturated carbocycles. The summed E-state index contributed by atoms with van der Waals surface area (Å²) in [4.78, 5) is 19.5. The first kappa shape index (κ1) is 16.1. The van der Waals surface area contributed by atoms with E-state index in [0.717, 1.165) is 23.6 Å². The highest BCUT2D eigenvalue weighted by Crippen LogP contribution is 2.32. The second kappa shape index (κ2) is 6.17. The molecule has 0 unspecified atom stereocenters. The fraction of sp³-hybridized carbons (Fsp3) is 0.235. The zero-order valence-electron chi connectivity index (χ0n) is 13.8. The Morgan fingerprint density at radius 1 is 1.31 bits per heavy atom. The summed E-state index contributed by atoms with van der Waals surface area (Å²) < 4.78 is 15.1. The molecule has 2 heterocycles. The van der Waals surface area contributed by atoms with Crippen LogP contribution < -0.4 is 11.0 Å². The number of nitrogens with zero attached hydrogens (tertiary/aromatic N) is 5. The van der Waals surface area contributed by atoms with Crippen LogP contribution in [0.4, 0.5) is 10.3 Å². The predicted molar refractivity (Wildman–Crippen MR) is 92.0 cm³/mol. The Kier molecular flexibility index (Phi) is 3.83. The number of anilines is 1. The second-order valence-electron chi connectivity index (χ2n) is 6.15. The molecule has 0 amide bonds. The lowest BCUT2D eigenvalue weighted by molar-refractivity contribution is 0.477. The standard InChI is InChI=1S/C17H15FN6O2/c1-24-8-12(18)15(21-17(24)26)9-2-5-11(14(25)6-9)13-7-19-16(23-22-13)20-10-3-4-10/h2,5-8,10,25H,3-4H2,1H3,(H,19,20,23). The SMILES string of the molecule is Cn1cc(F)c(-c2ccc(-c3cnc(NC4CC4)nn3)c(O)c2)nc1=O. The number of rotatable bonds is 4. The van der Waals surface area contributed by atoms with Gasteiger partial charge in [0.1, 0.15) is 17.1 Å². The normalized spacial score (nSPS) is 13.6. The number of hydrogen-bond donors (Lipinski definition) is 2. The van der Waals surface area contributed by atoms with Crippen molar-refractivity contribution >= 4 is 5.95 Å². The van der Waals surface area contributed by atoms with Crippen molar-refractivity contribution in [2.45, 2.75) is 18.9 Å². The second-order valence-corrected chi connectivity index (χ2v) is 6.15. The van der Waals surface area contributed by atoms with Gasteiger partial charge < -0.3 is 10.4 Å². The van der Waals surface area contributed by atoms with Gasteiger partial charge in [-0.1, -0.05) is 6.07 Å². The molecule has 1 fully saturated rings. The molecule has 0 aliphatic heterocycles. The summed E-state index contributed by atoms with van der Waals surface area (Å²) in [5.41, 5.74) is 0.361. The summed E-state index contributed by atoms with van der Waals surface area (Å²) in [5.74, 6) is -0.349. The average Bonchev–Trinajstić information content (AvgIpc) is 3.43. The Morgan fingerprint density at radius 3 is 2.77 bits per heavy atom. The van der Waals surface area contributed by atoms with Gasteiger partial charge in [0.25, 0.3) is 0 Å². The van der Waals surface area contributed by atoms with Crippen LogP contribution in [0.5, 0.6) is 5.75 Å². The van der Waals surface area contributed by atoms with Crippen LogP contribution in [0, 0.1) is 5.82 Å². The van der Waals surface area contributed by atoms with Crippen LogP contribution in [0.15, 0.2) is 35.4 Å². The molecule has 132 valence electrons. The molecule has 0 spiro atoms. The zero-order valence-corrected chi connectivity index (χ0v) is 13.8. The molecule has 2 N–H and O–H groups in total. The van der Waals surface area contributed by atoms with E-state index < -0.39 is 11.5 Å². The molecule has 3 aromatic rings. The van der Waals surface area contributed by atoms with Crippen molar-refractivity contribution in [3.63, 3.8) is 0 Å². The van der Waals surface area contributed by atoms with Crippen LogP contribution in [-0.2, 0) is 7.05 Å². The highest BCUT2D eigenvalue weighted by Gasteiger charge is 2.22. The molecular formula is C17H15FN6O2. The Balaban J connectivity index is 1.65. The Bertz CT molecular complexity index is 1030. The zero-order chi connectivity index (χ0) is 18.3. The van der Waals surface area contributed by atoms with Gasteiger partial charge in [0, 0.05) is 30.4 Å². The first-order valence-corrected chi connectivity index (χ1v) is 8.04. The van der Waals surface area contributed by atoms with E-state index in [4.69, 9.17) is 0 Å². The van der Waals surface area contributed by atoms with Crippen molar-refractivity contribution in [3.05, 3.63) is 46.9 Å². The highest BCUT2D eigenvalue weighted by molar-refractivity contribution is 5.72. The fourth-order valence-corrected chi connectivity index (χ4v) is 2.49. The number of phenols is 1. The third-order valence-corrected chi connectivity index (χ3v) is 4.06. The topological polar surface area (TPSA) is 106 Å². The average molecular weight is 354 g/mol. The maximum absolute atomic E-state index is 14.1. The van der Waals surface area contributed by atoms with Gasteiger partial charge in [-0.25, -0.2) is 14.2 Å². The number of benzene rings is 1. The minimum absolute atomic E-state index is 0.122. The largest absolute Gasteiger partial charge is 0.507 e. The van der Waals surface area contributed by atoms with Gasteiger partial charge in [0.2, 0.25) is 5.95 Å². The number of halogens is 1. The van der Waals surface area contributed by atoms with Crippen LogP contribution in [0.3, 0.4) is 0 Å². The number of aromatic hydroxyl groups is 1. The predicted octanol–water partition coefficient (Wildman–Crippen LogP) is 1.72. The van der Waals surface area contributed by atoms with Gasteiger partial charge in [0.05, 0.1) is 6.20 Å². The van der Waals surface area contributed by atoms with E-state index in [0.29, 0.717) is 23.2 Å². The highest BCUT2D eigenvalue weighted by atomic mass is 19.1. The Labute approximate surface area is 147 Å².